The maximum atomic E-state index is 13.2. The lowest BCUT2D eigenvalue weighted by atomic mass is 9.70. The van der Waals surface area contributed by atoms with E-state index in [0.29, 0.717) is 23.3 Å². The molecule has 3 aromatic heterocycles. The zero-order chi connectivity index (χ0) is 22.0. The van der Waals surface area contributed by atoms with E-state index in [1.54, 1.807) is 35.1 Å². The molecule has 1 aliphatic carbocycles. The van der Waals surface area contributed by atoms with Crippen molar-refractivity contribution in [3.63, 3.8) is 0 Å². The maximum Gasteiger partial charge on any atom is 0.274 e. The molecule has 0 bridgehead atoms. The Morgan fingerprint density at radius 2 is 1.84 bits per heavy atom. The predicted octanol–water partition coefficient (Wildman–Crippen LogP) is 3.60. The molecular formula is C25H29N5O2. The number of aromatic nitrogens is 3. The third-order valence-corrected chi connectivity index (χ3v) is 7.03. The molecule has 1 saturated carbocycles. The summed E-state index contributed by atoms with van der Waals surface area (Å²) in [6.07, 6.45) is 13.2. The molecule has 32 heavy (non-hydrogen) atoms. The van der Waals surface area contributed by atoms with Crippen LogP contribution in [0.5, 0.6) is 0 Å². The number of carbonyl (C=O) groups is 2. The van der Waals surface area contributed by atoms with Crippen LogP contribution in [0, 0.1) is 0 Å². The third kappa shape index (κ3) is 3.87. The molecule has 7 nitrogen and oxygen atoms in total. The first kappa shape index (κ1) is 20.7. The van der Waals surface area contributed by atoms with Gasteiger partial charge < -0.3 is 10.2 Å². The van der Waals surface area contributed by atoms with Crippen LogP contribution in [-0.4, -0.2) is 50.9 Å². The van der Waals surface area contributed by atoms with Crippen LogP contribution in [0.4, 0.5) is 0 Å². The van der Waals surface area contributed by atoms with E-state index in [1.807, 2.05) is 17.2 Å². The molecular weight excluding hydrogens is 402 g/mol. The number of rotatable bonds is 5. The van der Waals surface area contributed by atoms with Crippen LogP contribution in [0.25, 0.3) is 5.52 Å². The number of fused-ring (bicyclic) bond motifs is 1. The Labute approximate surface area is 187 Å². The fraction of sp³-hybridized carbons (Fsp3) is 0.440. The smallest absolute Gasteiger partial charge is 0.274 e. The van der Waals surface area contributed by atoms with Crippen LogP contribution < -0.4 is 5.32 Å². The second-order valence-electron chi connectivity index (χ2n) is 9.05. The molecule has 0 unspecified atom stereocenters. The Hall–Kier alpha value is -3.22. The largest absolute Gasteiger partial charge is 0.351 e. The number of likely N-dealkylation sites (tertiary alicyclic amines) is 1. The molecule has 2 fully saturated rings. The predicted molar refractivity (Wildman–Crippen MR) is 122 cm³/mol. The molecule has 0 spiro atoms. The molecule has 5 rings (SSSR count). The molecule has 2 amide bonds. The number of amides is 2. The van der Waals surface area contributed by atoms with Crippen LogP contribution in [0.3, 0.4) is 0 Å². The van der Waals surface area contributed by atoms with Crippen molar-refractivity contribution in [1.82, 2.24) is 24.8 Å². The zero-order valence-corrected chi connectivity index (χ0v) is 18.3. The molecule has 0 radical (unpaired) electrons. The summed E-state index contributed by atoms with van der Waals surface area (Å²) in [6, 6.07) is 9.44. The highest BCUT2D eigenvalue weighted by Gasteiger charge is 2.34. The molecule has 1 N–H and O–H groups in total. The normalized spacial score (nSPS) is 18.1. The molecule has 0 atom stereocenters. The number of carbonyl (C=O) groups excluding carboxylic acids is 2. The van der Waals surface area contributed by atoms with E-state index >= 15 is 0 Å². The minimum Gasteiger partial charge on any atom is -0.351 e. The van der Waals surface area contributed by atoms with E-state index in [2.05, 4.69) is 21.5 Å². The van der Waals surface area contributed by atoms with E-state index < -0.39 is 0 Å². The monoisotopic (exact) mass is 431 g/mol. The highest BCUT2D eigenvalue weighted by Crippen LogP contribution is 2.38. The molecule has 4 heterocycles. The van der Waals surface area contributed by atoms with Crippen molar-refractivity contribution in [3.8, 4) is 0 Å². The number of nitrogens with one attached hydrogen (secondary N) is 1. The van der Waals surface area contributed by atoms with E-state index in [9.17, 15) is 9.59 Å². The van der Waals surface area contributed by atoms with E-state index in [0.717, 1.165) is 51.6 Å². The Bertz CT molecular complexity index is 1110. The van der Waals surface area contributed by atoms with E-state index in [4.69, 9.17) is 0 Å². The maximum absolute atomic E-state index is 13.2. The lowest BCUT2D eigenvalue weighted by Gasteiger charge is -2.37. The second kappa shape index (κ2) is 8.73. The second-order valence-corrected chi connectivity index (χ2v) is 9.05. The van der Waals surface area contributed by atoms with Crippen LogP contribution in [-0.2, 0) is 5.41 Å². The summed E-state index contributed by atoms with van der Waals surface area (Å²) >= 11 is 0. The first-order chi connectivity index (χ1) is 15.7. The quantitative estimate of drug-likeness (QED) is 0.669. The Morgan fingerprint density at radius 3 is 2.59 bits per heavy atom. The average molecular weight is 432 g/mol. The van der Waals surface area contributed by atoms with E-state index in [1.165, 1.54) is 12.0 Å². The van der Waals surface area contributed by atoms with Gasteiger partial charge in [-0.2, -0.15) is 5.10 Å². The van der Waals surface area contributed by atoms with Gasteiger partial charge in [0.15, 0.2) is 5.69 Å². The topological polar surface area (TPSA) is 79.6 Å². The summed E-state index contributed by atoms with van der Waals surface area (Å²) in [6.45, 7) is 2.12. The van der Waals surface area contributed by atoms with E-state index in [-0.39, 0.29) is 17.2 Å². The fourth-order valence-electron chi connectivity index (χ4n) is 5.21. The van der Waals surface area contributed by atoms with Gasteiger partial charge in [0.25, 0.3) is 11.8 Å². The third-order valence-electron chi connectivity index (χ3n) is 7.03. The highest BCUT2D eigenvalue weighted by atomic mass is 16.2. The average Bonchev–Trinajstić information content (AvgIpc) is 3.53. The molecule has 1 saturated heterocycles. The van der Waals surface area contributed by atoms with Crippen LogP contribution in [0.15, 0.2) is 48.9 Å². The SMILES string of the molecule is O=C(NCC1(c2cccnc2)CCCCC1)c1cccn2nc(C(=O)N3CCCC3)cc12. The molecule has 0 aromatic carbocycles. The summed E-state index contributed by atoms with van der Waals surface area (Å²) in [4.78, 5) is 32.2. The van der Waals surface area contributed by atoms with Crippen LogP contribution >= 0.6 is 0 Å². The first-order valence-electron chi connectivity index (χ1n) is 11.6. The van der Waals surface area contributed by atoms with Crippen molar-refractivity contribution < 1.29 is 9.59 Å². The van der Waals surface area contributed by atoms with Crippen molar-refractivity contribution >= 4 is 17.3 Å². The summed E-state index contributed by atoms with van der Waals surface area (Å²) in [7, 11) is 0. The Morgan fingerprint density at radius 1 is 1.03 bits per heavy atom. The first-order valence-corrected chi connectivity index (χ1v) is 11.6. The number of pyridine rings is 2. The van der Waals surface area contributed by atoms with Gasteiger partial charge in [0.05, 0.1) is 11.1 Å². The number of hydrogen-bond acceptors (Lipinski definition) is 4. The van der Waals surface area contributed by atoms with Gasteiger partial charge in [-0.25, -0.2) is 4.52 Å². The van der Waals surface area contributed by atoms with Crippen LogP contribution in [0.2, 0.25) is 0 Å². The lowest BCUT2D eigenvalue weighted by molar-refractivity contribution is 0.0786. The van der Waals surface area contributed by atoms with Gasteiger partial charge in [-0.1, -0.05) is 25.3 Å². The van der Waals surface area contributed by atoms with Crippen molar-refractivity contribution in [1.29, 1.82) is 0 Å². The molecule has 2 aliphatic rings. The van der Waals surface area contributed by atoms with Crippen molar-refractivity contribution in [2.24, 2.45) is 0 Å². The van der Waals surface area contributed by atoms with Crippen LogP contribution in [0.1, 0.15) is 71.4 Å². The number of nitrogens with zero attached hydrogens (tertiary/aromatic N) is 4. The summed E-state index contributed by atoms with van der Waals surface area (Å²) in [5, 5.41) is 7.64. The Balaban J connectivity index is 1.38. The van der Waals surface area contributed by atoms with Crippen molar-refractivity contribution in [2.75, 3.05) is 19.6 Å². The van der Waals surface area contributed by atoms with Crippen molar-refractivity contribution in [3.05, 3.63) is 65.7 Å². The minimum atomic E-state index is -0.135. The molecule has 1 aliphatic heterocycles. The number of hydrogen-bond donors (Lipinski definition) is 1. The zero-order valence-electron chi connectivity index (χ0n) is 18.3. The van der Waals surface area contributed by atoms with Gasteiger partial charge in [-0.3, -0.25) is 14.6 Å². The Kier molecular flexibility index (Phi) is 5.64. The van der Waals surface area contributed by atoms with Crippen molar-refractivity contribution in [2.45, 2.75) is 50.4 Å². The summed E-state index contributed by atoms with van der Waals surface area (Å²) in [5.74, 6) is -0.195. The van der Waals surface area contributed by atoms with Gasteiger partial charge in [0.1, 0.15) is 0 Å². The van der Waals surface area contributed by atoms with Gasteiger partial charge in [-0.15, -0.1) is 0 Å². The molecule has 166 valence electrons. The highest BCUT2D eigenvalue weighted by molar-refractivity contribution is 6.02. The molecule has 3 aromatic rings. The summed E-state index contributed by atoms with van der Waals surface area (Å²) < 4.78 is 1.63. The minimum absolute atomic E-state index is 0.0599. The fourth-order valence-corrected chi connectivity index (χ4v) is 5.21. The standard InChI is InChI=1S/C25H29N5O2/c31-23(27-18-25(10-2-1-3-11-25)19-8-6-12-26-17-19)20-9-7-15-30-22(20)16-21(28-30)24(32)29-13-4-5-14-29/h6-9,12,15-17H,1-5,10-11,13-14,18H2,(H,27,31). The van der Waals surface area contributed by atoms with Gasteiger partial charge in [0, 0.05) is 43.6 Å². The molecule has 7 heteroatoms. The van der Waals surface area contributed by atoms with Gasteiger partial charge in [-0.05, 0) is 55.5 Å². The summed E-state index contributed by atoms with van der Waals surface area (Å²) in [5.41, 5.74) is 2.71. The van der Waals surface area contributed by atoms with Gasteiger partial charge >= 0.3 is 0 Å². The van der Waals surface area contributed by atoms with Gasteiger partial charge in [0.2, 0.25) is 0 Å². The lowest BCUT2D eigenvalue weighted by Crippen LogP contribution is -2.42.